The molecule has 1 saturated carbocycles. The fourth-order valence-corrected chi connectivity index (χ4v) is 3.70. The monoisotopic (exact) mass is 429 g/mol. The summed E-state index contributed by atoms with van der Waals surface area (Å²) in [5.74, 6) is -3.44. The number of hydrogen-bond donors (Lipinski definition) is 3. The molecule has 1 aliphatic rings. The average molecular weight is 429 g/mol. The molecule has 0 radical (unpaired) electrons. The Balaban J connectivity index is 1.74. The Kier molecular flexibility index (Phi) is 7.33. The van der Waals surface area contributed by atoms with E-state index in [2.05, 4.69) is 16.0 Å². The third-order valence-electron chi connectivity index (χ3n) is 5.43. The summed E-state index contributed by atoms with van der Waals surface area (Å²) in [6, 6.07) is 8.15. The van der Waals surface area contributed by atoms with Crippen LogP contribution in [-0.4, -0.2) is 24.8 Å². The van der Waals surface area contributed by atoms with E-state index in [1.54, 1.807) is 12.1 Å². The molecule has 0 heterocycles. The number of rotatable bonds is 6. The molecular weight excluding hydrogens is 404 g/mol. The zero-order valence-electron chi connectivity index (χ0n) is 17.2. The Morgan fingerprint density at radius 3 is 2.39 bits per heavy atom. The lowest BCUT2D eigenvalue weighted by Gasteiger charge is -2.21. The van der Waals surface area contributed by atoms with Crippen LogP contribution in [0.2, 0.25) is 0 Å². The van der Waals surface area contributed by atoms with E-state index in [0.29, 0.717) is 5.69 Å². The highest BCUT2D eigenvalue weighted by molar-refractivity contribution is 6.00. The molecule has 31 heavy (non-hydrogen) atoms. The van der Waals surface area contributed by atoms with Crippen molar-refractivity contribution >= 4 is 23.4 Å². The number of amides is 3. The van der Waals surface area contributed by atoms with Gasteiger partial charge in [-0.25, -0.2) is 8.78 Å². The van der Waals surface area contributed by atoms with Gasteiger partial charge in [0.25, 0.3) is 5.91 Å². The molecule has 1 atom stereocenters. The van der Waals surface area contributed by atoms with Crippen LogP contribution in [-0.2, 0) is 9.59 Å². The van der Waals surface area contributed by atoms with Crippen LogP contribution >= 0.6 is 0 Å². The van der Waals surface area contributed by atoms with Crippen molar-refractivity contribution in [1.29, 1.82) is 0 Å². The highest BCUT2D eigenvalue weighted by atomic mass is 19.2. The molecule has 1 aliphatic carbocycles. The second kappa shape index (κ2) is 10.1. The lowest BCUT2D eigenvalue weighted by Crippen LogP contribution is -2.39. The summed E-state index contributed by atoms with van der Waals surface area (Å²) < 4.78 is 26.9. The van der Waals surface area contributed by atoms with Crippen molar-refractivity contribution in [2.45, 2.75) is 38.1 Å². The standard InChI is InChI=1S/C23H25F2N3O3/c1-26-23(31)20(15-10-11-18(24)19(25)13-15)28-22(30)16-8-5-9-17(12-16)27-21(29)14-6-3-2-4-7-14/h5,8-14,20H,2-4,6-7H2,1H3,(H,26,31)(H,27,29)(H,28,30). The minimum atomic E-state index is -1.21. The maximum absolute atomic E-state index is 13.6. The van der Waals surface area contributed by atoms with Gasteiger partial charge in [-0.05, 0) is 48.7 Å². The summed E-state index contributed by atoms with van der Waals surface area (Å²) in [7, 11) is 1.38. The Morgan fingerprint density at radius 1 is 0.968 bits per heavy atom. The molecule has 6 nitrogen and oxygen atoms in total. The molecule has 3 amide bonds. The number of hydrogen-bond acceptors (Lipinski definition) is 3. The molecule has 0 aromatic heterocycles. The molecular formula is C23H25F2N3O3. The maximum atomic E-state index is 13.6. The fraction of sp³-hybridized carbons (Fsp3) is 0.348. The Labute approximate surface area is 179 Å². The van der Waals surface area contributed by atoms with Crippen molar-refractivity contribution in [2.75, 3.05) is 12.4 Å². The second-order valence-electron chi connectivity index (χ2n) is 7.60. The number of anilines is 1. The summed E-state index contributed by atoms with van der Waals surface area (Å²) in [6.45, 7) is 0. The molecule has 1 fully saturated rings. The lowest BCUT2D eigenvalue weighted by atomic mass is 9.88. The molecule has 0 saturated heterocycles. The Morgan fingerprint density at radius 2 is 1.71 bits per heavy atom. The van der Waals surface area contributed by atoms with Gasteiger partial charge in [-0.3, -0.25) is 14.4 Å². The fourth-order valence-electron chi connectivity index (χ4n) is 3.70. The van der Waals surface area contributed by atoms with E-state index in [1.807, 2.05) is 0 Å². The van der Waals surface area contributed by atoms with E-state index in [-0.39, 0.29) is 23.0 Å². The highest BCUT2D eigenvalue weighted by Gasteiger charge is 2.24. The van der Waals surface area contributed by atoms with Crippen LogP contribution in [0, 0.1) is 17.6 Å². The van der Waals surface area contributed by atoms with Crippen molar-refractivity contribution in [1.82, 2.24) is 10.6 Å². The zero-order valence-corrected chi connectivity index (χ0v) is 17.2. The number of carbonyl (C=O) groups is 3. The van der Waals surface area contributed by atoms with Gasteiger partial charge in [0, 0.05) is 24.2 Å². The van der Waals surface area contributed by atoms with Crippen molar-refractivity contribution < 1.29 is 23.2 Å². The number of nitrogens with one attached hydrogen (secondary N) is 3. The number of halogens is 2. The largest absolute Gasteiger partial charge is 0.357 e. The number of benzene rings is 2. The summed E-state index contributed by atoms with van der Waals surface area (Å²) in [6.07, 6.45) is 4.92. The van der Waals surface area contributed by atoms with Gasteiger partial charge in [0.05, 0.1) is 0 Å². The SMILES string of the molecule is CNC(=O)C(NC(=O)c1cccc(NC(=O)C2CCCCC2)c1)c1ccc(F)c(F)c1. The molecule has 2 aromatic carbocycles. The van der Waals surface area contributed by atoms with Crippen LogP contribution in [0.5, 0.6) is 0 Å². The van der Waals surface area contributed by atoms with E-state index < -0.39 is 29.5 Å². The third kappa shape index (κ3) is 5.65. The van der Waals surface area contributed by atoms with Crippen molar-refractivity contribution in [3.05, 3.63) is 65.2 Å². The van der Waals surface area contributed by atoms with E-state index in [0.717, 1.165) is 44.2 Å². The summed E-state index contributed by atoms with van der Waals surface area (Å²) in [4.78, 5) is 37.5. The van der Waals surface area contributed by atoms with Crippen LogP contribution in [0.4, 0.5) is 14.5 Å². The van der Waals surface area contributed by atoms with Gasteiger partial charge in [0.15, 0.2) is 11.6 Å². The van der Waals surface area contributed by atoms with E-state index in [9.17, 15) is 23.2 Å². The van der Waals surface area contributed by atoms with Gasteiger partial charge in [0.2, 0.25) is 11.8 Å². The van der Waals surface area contributed by atoms with Crippen LogP contribution in [0.3, 0.4) is 0 Å². The topological polar surface area (TPSA) is 87.3 Å². The first-order valence-electron chi connectivity index (χ1n) is 10.3. The van der Waals surface area contributed by atoms with Gasteiger partial charge in [-0.1, -0.05) is 31.4 Å². The quantitative estimate of drug-likeness (QED) is 0.654. The average Bonchev–Trinajstić information content (AvgIpc) is 2.79. The van der Waals surface area contributed by atoms with Crippen molar-refractivity contribution in [3.63, 3.8) is 0 Å². The minimum Gasteiger partial charge on any atom is -0.357 e. The second-order valence-corrected chi connectivity index (χ2v) is 7.60. The van der Waals surface area contributed by atoms with E-state index in [1.165, 1.54) is 25.2 Å². The molecule has 1 unspecified atom stereocenters. The molecule has 0 aliphatic heterocycles. The summed E-state index contributed by atoms with van der Waals surface area (Å²) in [5, 5.41) is 7.79. The smallest absolute Gasteiger partial charge is 0.252 e. The normalized spacial score (nSPS) is 15.1. The van der Waals surface area contributed by atoms with Crippen LogP contribution in [0.15, 0.2) is 42.5 Å². The predicted octanol–water partition coefficient (Wildman–Crippen LogP) is 3.70. The number of carbonyl (C=O) groups excluding carboxylic acids is 3. The van der Waals surface area contributed by atoms with E-state index >= 15 is 0 Å². The molecule has 0 spiro atoms. The lowest BCUT2D eigenvalue weighted by molar-refractivity contribution is -0.122. The predicted molar refractivity (Wildman–Crippen MR) is 112 cm³/mol. The van der Waals surface area contributed by atoms with Crippen LogP contribution in [0.1, 0.15) is 54.1 Å². The zero-order chi connectivity index (χ0) is 22.4. The van der Waals surface area contributed by atoms with Crippen molar-refractivity contribution in [2.24, 2.45) is 5.92 Å². The highest BCUT2D eigenvalue weighted by Crippen LogP contribution is 2.25. The Hall–Kier alpha value is -3.29. The van der Waals surface area contributed by atoms with Crippen LogP contribution in [0.25, 0.3) is 0 Å². The van der Waals surface area contributed by atoms with Crippen molar-refractivity contribution in [3.8, 4) is 0 Å². The molecule has 2 aromatic rings. The summed E-state index contributed by atoms with van der Waals surface area (Å²) >= 11 is 0. The van der Waals surface area contributed by atoms with Gasteiger partial charge in [0.1, 0.15) is 6.04 Å². The maximum Gasteiger partial charge on any atom is 0.252 e. The van der Waals surface area contributed by atoms with Gasteiger partial charge in [-0.15, -0.1) is 0 Å². The molecule has 164 valence electrons. The molecule has 8 heteroatoms. The molecule has 3 rings (SSSR count). The Bertz CT molecular complexity index is 974. The summed E-state index contributed by atoms with van der Waals surface area (Å²) in [5.41, 5.74) is 0.804. The molecule has 3 N–H and O–H groups in total. The minimum absolute atomic E-state index is 0.0303. The van der Waals surface area contributed by atoms with E-state index in [4.69, 9.17) is 0 Å². The first-order chi connectivity index (χ1) is 14.9. The van der Waals surface area contributed by atoms with Gasteiger partial charge >= 0.3 is 0 Å². The molecule has 0 bridgehead atoms. The van der Waals surface area contributed by atoms with Gasteiger partial charge in [-0.2, -0.15) is 0 Å². The number of likely N-dealkylation sites (N-methyl/N-ethyl adjacent to an activating group) is 1. The third-order valence-corrected chi connectivity index (χ3v) is 5.43. The first-order valence-corrected chi connectivity index (χ1v) is 10.3. The first kappa shape index (κ1) is 22.4. The van der Waals surface area contributed by atoms with Crippen LogP contribution < -0.4 is 16.0 Å². The van der Waals surface area contributed by atoms with Gasteiger partial charge < -0.3 is 16.0 Å².